The molecule has 2 aromatic rings. The van der Waals surface area contributed by atoms with E-state index in [0.717, 1.165) is 23.1 Å². The summed E-state index contributed by atoms with van der Waals surface area (Å²) in [5.74, 6) is 1.13. The molecule has 2 aromatic heterocycles. The monoisotopic (exact) mass is 327 g/mol. The number of thioether (sulfide) groups is 1. The van der Waals surface area contributed by atoms with Gasteiger partial charge in [-0.25, -0.2) is 4.98 Å². The first-order valence-corrected chi connectivity index (χ1v) is 8.83. The van der Waals surface area contributed by atoms with Crippen LogP contribution in [-0.4, -0.2) is 34.8 Å². The molecule has 2 heterocycles. The summed E-state index contributed by atoms with van der Waals surface area (Å²) in [6, 6.07) is 0. The Hall–Kier alpha value is -1.05. The number of carbonyl (C=O) groups is 1. The normalized spacial score (nSPS) is 11.4. The second kappa shape index (κ2) is 7.82. The average Bonchev–Trinajstić information content (AvgIpc) is 3.01. The van der Waals surface area contributed by atoms with Crippen LogP contribution in [0.1, 0.15) is 26.0 Å². The Bertz CT molecular complexity index is 592. The van der Waals surface area contributed by atoms with Gasteiger partial charge < -0.3 is 10.1 Å². The van der Waals surface area contributed by atoms with Crippen LogP contribution >= 0.6 is 23.1 Å². The Labute approximate surface area is 133 Å². The van der Waals surface area contributed by atoms with Crippen LogP contribution in [0.5, 0.6) is 0 Å². The summed E-state index contributed by atoms with van der Waals surface area (Å²) in [4.78, 5) is 16.8. The Morgan fingerprint density at radius 3 is 3.10 bits per heavy atom. The van der Waals surface area contributed by atoms with E-state index in [0.29, 0.717) is 18.1 Å². The lowest BCUT2D eigenvalue weighted by atomic mass is 10.2. The van der Waals surface area contributed by atoms with Crippen molar-refractivity contribution in [3.8, 4) is 0 Å². The van der Waals surface area contributed by atoms with Crippen molar-refractivity contribution in [2.45, 2.75) is 31.8 Å². The highest BCUT2D eigenvalue weighted by atomic mass is 32.2. The van der Waals surface area contributed by atoms with Crippen molar-refractivity contribution in [3.05, 3.63) is 17.3 Å². The minimum Gasteiger partial charge on any atom is -0.469 e. The van der Waals surface area contributed by atoms with Crippen LogP contribution in [0.25, 0.3) is 4.96 Å². The van der Waals surface area contributed by atoms with E-state index in [-0.39, 0.29) is 5.97 Å². The fourth-order valence-electron chi connectivity index (χ4n) is 1.90. The molecule has 21 heavy (non-hydrogen) atoms. The van der Waals surface area contributed by atoms with Gasteiger partial charge in [-0.15, -0.1) is 23.1 Å². The van der Waals surface area contributed by atoms with Crippen LogP contribution in [0, 0.1) is 5.92 Å². The standard InChI is InChI=1S/C14H21N3O2S2/c1-10(2)8-15-9-11-13(20-6-4-12(18)19-3)16-14-17(11)5-7-21-14/h5,7,10,15H,4,6,8-9H2,1-3H3. The van der Waals surface area contributed by atoms with Gasteiger partial charge in [-0.05, 0) is 12.5 Å². The van der Waals surface area contributed by atoms with E-state index in [4.69, 9.17) is 0 Å². The lowest BCUT2D eigenvalue weighted by molar-refractivity contribution is -0.140. The Morgan fingerprint density at radius 1 is 1.57 bits per heavy atom. The van der Waals surface area contributed by atoms with E-state index in [9.17, 15) is 4.79 Å². The summed E-state index contributed by atoms with van der Waals surface area (Å²) < 4.78 is 6.79. The molecule has 0 aliphatic heterocycles. The van der Waals surface area contributed by atoms with Gasteiger partial charge in [-0.2, -0.15) is 0 Å². The first-order chi connectivity index (χ1) is 10.1. The van der Waals surface area contributed by atoms with Crippen LogP contribution in [0.3, 0.4) is 0 Å². The van der Waals surface area contributed by atoms with E-state index < -0.39 is 0 Å². The number of carbonyl (C=O) groups excluding carboxylic acids is 1. The van der Waals surface area contributed by atoms with Crippen molar-refractivity contribution >= 4 is 34.0 Å². The number of nitrogens with one attached hydrogen (secondary N) is 1. The van der Waals surface area contributed by atoms with Crippen molar-refractivity contribution in [2.75, 3.05) is 19.4 Å². The van der Waals surface area contributed by atoms with Crippen molar-refractivity contribution in [1.29, 1.82) is 0 Å². The van der Waals surface area contributed by atoms with Crippen LogP contribution in [0.2, 0.25) is 0 Å². The quantitative estimate of drug-likeness (QED) is 0.597. The molecular weight excluding hydrogens is 306 g/mol. The zero-order chi connectivity index (χ0) is 15.2. The summed E-state index contributed by atoms with van der Waals surface area (Å²) in [6.07, 6.45) is 2.45. The summed E-state index contributed by atoms with van der Waals surface area (Å²) in [5, 5.41) is 6.50. The smallest absolute Gasteiger partial charge is 0.306 e. The van der Waals surface area contributed by atoms with Crippen molar-refractivity contribution in [1.82, 2.24) is 14.7 Å². The third kappa shape index (κ3) is 4.46. The minimum atomic E-state index is -0.178. The number of methoxy groups -OCH3 is 1. The molecule has 0 unspecified atom stereocenters. The van der Waals surface area contributed by atoms with Crippen LogP contribution in [0.4, 0.5) is 0 Å². The zero-order valence-electron chi connectivity index (χ0n) is 12.6. The van der Waals surface area contributed by atoms with E-state index in [1.807, 2.05) is 11.6 Å². The summed E-state index contributed by atoms with van der Waals surface area (Å²) >= 11 is 3.24. The number of hydrogen-bond acceptors (Lipinski definition) is 6. The molecule has 0 bridgehead atoms. The van der Waals surface area contributed by atoms with E-state index in [1.54, 1.807) is 23.1 Å². The highest BCUT2D eigenvalue weighted by Crippen LogP contribution is 2.26. The molecular formula is C14H21N3O2S2. The number of thiazole rings is 1. The van der Waals surface area contributed by atoms with Crippen LogP contribution in [0.15, 0.2) is 16.6 Å². The van der Waals surface area contributed by atoms with Gasteiger partial charge >= 0.3 is 5.97 Å². The second-order valence-electron chi connectivity index (χ2n) is 5.12. The van der Waals surface area contributed by atoms with Gasteiger partial charge in [0.15, 0.2) is 4.96 Å². The predicted octanol–water partition coefficient (Wildman–Crippen LogP) is 2.80. The molecule has 0 amide bonds. The van der Waals surface area contributed by atoms with Gasteiger partial charge in [0.2, 0.25) is 0 Å². The molecule has 1 N–H and O–H groups in total. The molecule has 0 spiro atoms. The van der Waals surface area contributed by atoms with E-state index in [1.165, 1.54) is 12.8 Å². The molecule has 0 atom stereocenters. The number of ether oxygens (including phenoxy) is 1. The van der Waals surface area contributed by atoms with Gasteiger partial charge in [-0.1, -0.05) is 13.8 Å². The van der Waals surface area contributed by atoms with Gasteiger partial charge in [0.05, 0.1) is 19.2 Å². The van der Waals surface area contributed by atoms with Crippen molar-refractivity contribution in [2.24, 2.45) is 5.92 Å². The van der Waals surface area contributed by atoms with E-state index >= 15 is 0 Å². The Morgan fingerprint density at radius 2 is 2.38 bits per heavy atom. The minimum absolute atomic E-state index is 0.178. The van der Waals surface area contributed by atoms with Gasteiger partial charge in [-0.3, -0.25) is 9.20 Å². The van der Waals surface area contributed by atoms with Crippen LogP contribution in [-0.2, 0) is 16.1 Å². The van der Waals surface area contributed by atoms with E-state index in [2.05, 4.69) is 33.3 Å². The number of nitrogens with zero attached hydrogens (tertiary/aromatic N) is 2. The highest BCUT2D eigenvalue weighted by molar-refractivity contribution is 7.99. The largest absolute Gasteiger partial charge is 0.469 e. The van der Waals surface area contributed by atoms with Gasteiger partial charge in [0.25, 0.3) is 0 Å². The summed E-state index contributed by atoms with van der Waals surface area (Å²) in [7, 11) is 1.42. The molecule has 0 aliphatic carbocycles. The lowest BCUT2D eigenvalue weighted by Crippen LogP contribution is -2.20. The first-order valence-electron chi connectivity index (χ1n) is 6.96. The Kier molecular flexibility index (Phi) is 6.08. The number of aromatic nitrogens is 2. The molecule has 0 fully saturated rings. The molecule has 0 saturated heterocycles. The van der Waals surface area contributed by atoms with Crippen molar-refractivity contribution < 1.29 is 9.53 Å². The molecule has 0 aromatic carbocycles. The topological polar surface area (TPSA) is 55.6 Å². The SMILES string of the molecule is COC(=O)CCSc1nc2sccn2c1CNCC(C)C. The third-order valence-corrected chi connectivity index (χ3v) is 4.71. The first kappa shape index (κ1) is 16.3. The number of imidazole rings is 1. The highest BCUT2D eigenvalue weighted by Gasteiger charge is 2.14. The summed E-state index contributed by atoms with van der Waals surface area (Å²) in [5.41, 5.74) is 1.17. The third-order valence-electron chi connectivity index (χ3n) is 2.94. The van der Waals surface area contributed by atoms with Gasteiger partial charge in [0.1, 0.15) is 5.03 Å². The molecule has 0 saturated carbocycles. The Balaban J connectivity index is 2.03. The lowest BCUT2D eigenvalue weighted by Gasteiger charge is -2.08. The maximum Gasteiger partial charge on any atom is 0.306 e. The molecule has 0 radical (unpaired) electrons. The molecule has 0 aliphatic rings. The number of esters is 1. The number of rotatable bonds is 8. The van der Waals surface area contributed by atoms with Gasteiger partial charge in [0, 0.05) is 23.9 Å². The zero-order valence-corrected chi connectivity index (χ0v) is 14.2. The number of hydrogen-bond donors (Lipinski definition) is 1. The second-order valence-corrected chi connectivity index (χ2v) is 7.08. The summed E-state index contributed by atoms with van der Waals surface area (Å²) in [6.45, 7) is 6.14. The molecule has 116 valence electrons. The fourth-order valence-corrected chi connectivity index (χ4v) is 3.64. The van der Waals surface area contributed by atoms with Crippen LogP contribution < -0.4 is 5.32 Å². The predicted molar refractivity (Wildman–Crippen MR) is 87.0 cm³/mol. The molecule has 7 heteroatoms. The average molecular weight is 327 g/mol. The fraction of sp³-hybridized carbons (Fsp3) is 0.571. The molecule has 2 rings (SSSR count). The maximum absolute atomic E-state index is 11.2. The molecule has 5 nitrogen and oxygen atoms in total. The van der Waals surface area contributed by atoms with Crippen molar-refractivity contribution in [3.63, 3.8) is 0 Å². The number of fused-ring (bicyclic) bond motifs is 1. The maximum atomic E-state index is 11.2.